The standard InChI is InChI=1S/C21H22N4O/c26-19(16-14-21(16)10-12-22-13-11-21)24-20-23-17-8-4-5-9-18(17)25(20)15-6-2-1-3-7-15/h1-9,16,22H,10-14H2,(H,23,24,26). The van der Waals surface area contributed by atoms with Gasteiger partial charge in [-0.2, -0.15) is 0 Å². The van der Waals surface area contributed by atoms with Crippen LogP contribution in [0.25, 0.3) is 16.7 Å². The van der Waals surface area contributed by atoms with Gasteiger partial charge in [-0.25, -0.2) is 4.98 Å². The minimum atomic E-state index is 0.111. The van der Waals surface area contributed by atoms with Crippen molar-refractivity contribution in [3.63, 3.8) is 0 Å². The number of hydrogen-bond donors (Lipinski definition) is 2. The molecule has 1 saturated heterocycles. The van der Waals surface area contributed by atoms with Crippen LogP contribution in [-0.4, -0.2) is 28.5 Å². The van der Waals surface area contributed by atoms with Crippen LogP contribution < -0.4 is 10.6 Å². The highest BCUT2D eigenvalue weighted by Gasteiger charge is 2.57. The molecule has 5 heteroatoms. The van der Waals surface area contributed by atoms with Crippen molar-refractivity contribution in [2.24, 2.45) is 11.3 Å². The molecule has 1 unspecified atom stereocenters. The molecule has 2 fully saturated rings. The Hall–Kier alpha value is -2.66. The van der Waals surface area contributed by atoms with E-state index in [0.29, 0.717) is 5.95 Å². The number of piperidine rings is 1. The first-order chi connectivity index (χ1) is 12.8. The summed E-state index contributed by atoms with van der Waals surface area (Å²) < 4.78 is 2.03. The molecule has 1 aromatic heterocycles. The van der Waals surface area contributed by atoms with Gasteiger partial charge in [-0.3, -0.25) is 14.7 Å². The normalized spacial score (nSPS) is 21.0. The zero-order valence-electron chi connectivity index (χ0n) is 14.6. The highest BCUT2D eigenvalue weighted by molar-refractivity contribution is 5.96. The van der Waals surface area contributed by atoms with E-state index in [9.17, 15) is 4.79 Å². The molecule has 1 saturated carbocycles. The highest BCUT2D eigenvalue weighted by atomic mass is 16.2. The van der Waals surface area contributed by atoms with Crippen molar-refractivity contribution in [2.45, 2.75) is 19.3 Å². The molecule has 1 amide bonds. The lowest BCUT2D eigenvalue weighted by Crippen LogP contribution is -2.32. The van der Waals surface area contributed by atoms with E-state index in [1.807, 2.05) is 59.2 Å². The zero-order chi connectivity index (χ0) is 17.6. The van der Waals surface area contributed by atoms with E-state index in [1.165, 1.54) is 0 Å². The zero-order valence-corrected chi connectivity index (χ0v) is 14.6. The lowest BCUT2D eigenvalue weighted by atomic mass is 9.92. The number of benzene rings is 2. The largest absolute Gasteiger partial charge is 0.317 e. The van der Waals surface area contributed by atoms with Gasteiger partial charge in [-0.05, 0) is 62.0 Å². The Kier molecular flexibility index (Phi) is 3.57. The summed E-state index contributed by atoms with van der Waals surface area (Å²) in [6.07, 6.45) is 3.20. The molecular formula is C21H22N4O. The van der Waals surface area contributed by atoms with E-state index in [2.05, 4.69) is 10.6 Å². The van der Waals surface area contributed by atoms with Crippen LogP contribution in [0.15, 0.2) is 54.6 Å². The van der Waals surface area contributed by atoms with Crippen molar-refractivity contribution in [1.82, 2.24) is 14.9 Å². The second-order valence-corrected chi connectivity index (χ2v) is 7.45. The summed E-state index contributed by atoms with van der Waals surface area (Å²) in [7, 11) is 0. The molecular weight excluding hydrogens is 324 g/mol. The Labute approximate surface area is 152 Å². The summed E-state index contributed by atoms with van der Waals surface area (Å²) in [6.45, 7) is 2.04. The highest BCUT2D eigenvalue weighted by Crippen LogP contribution is 2.58. The van der Waals surface area contributed by atoms with Gasteiger partial charge in [0.05, 0.1) is 11.0 Å². The molecule has 1 aliphatic carbocycles. The Morgan fingerprint density at radius 2 is 1.81 bits per heavy atom. The molecule has 5 rings (SSSR count). The van der Waals surface area contributed by atoms with Crippen molar-refractivity contribution in [3.05, 3.63) is 54.6 Å². The Morgan fingerprint density at radius 1 is 1.08 bits per heavy atom. The van der Waals surface area contributed by atoms with Gasteiger partial charge in [0, 0.05) is 11.6 Å². The van der Waals surface area contributed by atoms with Gasteiger partial charge in [0.1, 0.15) is 0 Å². The first-order valence-electron chi connectivity index (χ1n) is 9.31. The van der Waals surface area contributed by atoms with Crippen molar-refractivity contribution in [1.29, 1.82) is 0 Å². The molecule has 3 aromatic rings. The molecule has 0 radical (unpaired) electrons. The predicted octanol–water partition coefficient (Wildman–Crippen LogP) is 3.35. The van der Waals surface area contributed by atoms with E-state index in [1.54, 1.807) is 0 Å². The second-order valence-electron chi connectivity index (χ2n) is 7.45. The van der Waals surface area contributed by atoms with Crippen molar-refractivity contribution in [2.75, 3.05) is 18.4 Å². The molecule has 2 aromatic carbocycles. The fourth-order valence-electron chi connectivity index (χ4n) is 4.34. The number of para-hydroxylation sites is 3. The summed E-state index contributed by atoms with van der Waals surface area (Å²) in [5.41, 5.74) is 3.11. The number of carbonyl (C=O) groups is 1. The van der Waals surface area contributed by atoms with E-state index in [-0.39, 0.29) is 17.2 Å². The molecule has 1 spiro atoms. The number of hydrogen-bond acceptors (Lipinski definition) is 3. The number of fused-ring (bicyclic) bond motifs is 1. The molecule has 2 heterocycles. The van der Waals surface area contributed by atoms with Crippen LogP contribution in [0.3, 0.4) is 0 Å². The summed E-state index contributed by atoms with van der Waals surface area (Å²) in [6, 6.07) is 18.1. The Balaban J connectivity index is 1.48. The summed E-state index contributed by atoms with van der Waals surface area (Å²) in [5.74, 6) is 0.839. The monoisotopic (exact) mass is 346 g/mol. The smallest absolute Gasteiger partial charge is 0.230 e. The van der Waals surface area contributed by atoms with Crippen LogP contribution in [-0.2, 0) is 4.79 Å². The number of aromatic nitrogens is 2. The minimum absolute atomic E-state index is 0.111. The van der Waals surface area contributed by atoms with Crippen molar-refractivity contribution >= 4 is 22.9 Å². The maximum Gasteiger partial charge on any atom is 0.230 e. The van der Waals surface area contributed by atoms with Gasteiger partial charge >= 0.3 is 0 Å². The van der Waals surface area contributed by atoms with Gasteiger partial charge in [-0.1, -0.05) is 30.3 Å². The fourth-order valence-corrected chi connectivity index (χ4v) is 4.34. The van der Waals surface area contributed by atoms with Crippen LogP contribution in [0, 0.1) is 11.3 Å². The summed E-state index contributed by atoms with van der Waals surface area (Å²) >= 11 is 0. The molecule has 132 valence electrons. The maximum atomic E-state index is 12.9. The average Bonchev–Trinajstić information content (AvgIpc) is 3.24. The van der Waals surface area contributed by atoms with Gasteiger partial charge in [0.2, 0.25) is 11.9 Å². The van der Waals surface area contributed by atoms with Gasteiger partial charge in [0.25, 0.3) is 0 Å². The molecule has 26 heavy (non-hydrogen) atoms. The molecule has 2 N–H and O–H groups in total. The number of rotatable bonds is 3. The van der Waals surface area contributed by atoms with Gasteiger partial charge < -0.3 is 5.32 Å². The third kappa shape index (κ3) is 2.51. The summed E-state index contributed by atoms with van der Waals surface area (Å²) in [4.78, 5) is 17.6. The van der Waals surface area contributed by atoms with Crippen LogP contribution in [0.5, 0.6) is 0 Å². The Bertz CT molecular complexity index is 957. The molecule has 2 aliphatic rings. The number of anilines is 1. The lowest BCUT2D eigenvalue weighted by molar-refractivity contribution is -0.118. The third-order valence-electron chi connectivity index (χ3n) is 5.92. The number of amides is 1. The summed E-state index contributed by atoms with van der Waals surface area (Å²) in [5, 5.41) is 6.51. The number of nitrogens with one attached hydrogen (secondary N) is 2. The molecule has 1 atom stereocenters. The number of imidazole rings is 1. The molecule has 5 nitrogen and oxygen atoms in total. The van der Waals surface area contributed by atoms with E-state index in [4.69, 9.17) is 4.98 Å². The van der Waals surface area contributed by atoms with Crippen LogP contribution in [0.2, 0.25) is 0 Å². The van der Waals surface area contributed by atoms with Crippen LogP contribution in [0.4, 0.5) is 5.95 Å². The Morgan fingerprint density at radius 3 is 2.62 bits per heavy atom. The maximum absolute atomic E-state index is 12.9. The lowest BCUT2D eigenvalue weighted by Gasteiger charge is -2.23. The number of carbonyl (C=O) groups excluding carboxylic acids is 1. The van der Waals surface area contributed by atoms with E-state index >= 15 is 0 Å². The molecule has 0 bridgehead atoms. The topological polar surface area (TPSA) is 59.0 Å². The van der Waals surface area contributed by atoms with Gasteiger partial charge in [-0.15, -0.1) is 0 Å². The third-order valence-corrected chi connectivity index (χ3v) is 5.92. The van der Waals surface area contributed by atoms with Gasteiger partial charge in [0.15, 0.2) is 0 Å². The first-order valence-corrected chi connectivity index (χ1v) is 9.31. The van der Waals surface area contributed by atoms with Crippen molar-refractivity contribution in [3.8, 4) is 5.69 Å². The van der Waals surface area contributed by atoms with E-state index < -0.39 is 0 Å². The fraction of sp³-hybridized carbons (Fsp3) is 0.333. The second kappa shape index (κ2) is 5.95. The van der Waals surface area contributed by atoms with E-state index in [0.717, 1.165) is 49.1 Å². The SMILES string of the molecule is O=C(Nc1nc2ccccc2n1-c1ccccc1)C1CC12CCNCC2. The first kappa shape index (κ1) is 15.6. The van der Waals surface area contributed by atoms with Crippen molar-refractivity contribution < 1.29 is 4.79 Å². The minimum Gasteiger partial charge on any atom is -0.317 e. The van der Waals surface area contributed by atoms with Crippen LogP contribution in [0.1, 0.15) is 19.3 Å². The molecule has 1 aliphatic heterocycles. The average molecular weight is 346 g/mol. The van der Waals surface area contributed by atoms with Crippen LogP contribution >= 0.6 is 0 Å². The number of nitrogens with zero attached hydrogens (tertiary/aromatic N) is 2. The predicted molar refractivity (Wildman–Crippen MR) is 102 cm³/mol. The quantitative estimate of drug-likeness (QED) is 0.765.